The van der Waals surface area contributed by atoms with Gasteiger partial charge in [-0.3, -0.25) is 4.79 Å². The number of hydrogen-bond acceptors (Lipinski definition) is 7. The van der Waals surface area contributed by atoms with Crippen LogP contribution in [0.2, 0.25) is 5.02 Å². The lowest BCUT2D eigenvalue weighted by Gasteiger charge is -2.16. The Hall–Kier alpha value is -3.27. The van der Waals surface area contributed by atoms with Crippen LogP contribution in [-0.4, -0.2) is 61.2 Å². The molecule has 4 rings (SSSR count). The molecule has 0 bridgehead atoms. The first-order chi connectivity index (χ1) is 16.9. The first-order valence-electron chi connectivity index (χ1n) is 11.2. The molecule has 10 heteroatoms. The number of carbonyl (C=O) groups is 1. The number of anilines is 3. The Morgan fingerprint density at radius 1 is 1.31 bits per heavy atom. The fraction of sp³-hybridized carbons (Fsp3) is 0.320. The van der Waals surface area contributed by atoms with E-state index in [9.17, 15) is 9.18 Å². The molecule has 1 atom stereocenters. The largest absolute Gasteiger partial charge is 0.491 e. The van der Waals surface area contributed by atoms with E-state index < -0.39 is 5.82 Å². The van der Waals surface area contributed by atoms with Crippen LogP contribution in [0.25, 0.3) is 10.9 Å². The molecule has 2 aromatic carbocycles. The number of benzene rings is 2. The maximum atomic E-state index is 13.6. The van der Waals surface area contributed by atoms with Gasteiger partial charge in [-0.1, -0.05) is 17.7 Å². The third-order valence-corrected chi connectivity index (χ3v) is 5.70. The van der Waals surface area contributed by atoms with Crippen molar-refractivity contribution in [2.75, 3.05) is 51.1 Å². The molecule has 2 heterocycles. The molecule has 0 aliphatic carbocycles. The Balaban J connectivity index is 1.65. The first-order valence-corrected chi connectivity index (χ1v) is 11.6. The fourth-order valence-electron chi connectivity index (χ4n) is 3.58. The summed E-state index contributed by atoms with van der Waals surface area (Å²) >= 11 is 5.92. The third-order valence-electron chi connectivity index (χ3n) is 5.42. The average molecular weight is 500 g/mol. The molecule has 0 unspecified atom stereocenters. The van der Waals surface area contributed by atoms with Crippen LogP contribution in [-0.2, 0) is 9.53 Å². The molecule has 184 valence electrons. The van der Waals surface area contributed by atoms with Crippen molar-refractivity contribution in [3.05, 3.63) is 59.7 Å². The number of hydrogen-bond donors (Lipinski definition) is 2. The van der Waals surface area contributed by atoms with Crippen molar-refractivity contribution in [2.45, 2.75) is 6.42 Å². The molecule has 35 heavy (non-hydrogen) atoms. The number of amides is 1. The van der Waals surface area contributed by atoms with Gasteiger partial charge >= 0.3 is 0 Å². The fourth-order valence-corrected chi connectivity index (χ4v) is 3.76. The number of aromatic nitrogens is 2. The van der Waals surface area contributed by atoms with Crippen molar-refractivity contribution in [3.8, 4) is 5.75 Å². The normalized spacial score (nSPS) is 15.7. The molecule has 0 spiro atoms. The van der Waals surface area contributed by atoms with Crippen molar-refractivity contribution in [2.24, 2.45) is 5.92 Å². The van der Waals surface area contributed by atoms with Gasteiger partial charge in [-0.15, -0.1) is 0 Å². The Bertz CT molecular complexity index is 1230. The summed E-state index contributed by atoms with van der Waals surface area (Å²) in [5.41, 5.74) is 1.68. The maximum Gasteiger partial charge on any atom is 0.248 e. The van der Waals surface area contributed by atoms with Gasteiger partial charge in [-0.05, 0) is 44.8 Å². The Labute approximate surface area is 208 Å². The van der Waals surface area contributed by atoms with Crippen LogP contribution >= 0.6 is 11.6 Å². The zero-order valence-electron chi connectivity index (χ0n) is 19.6. The van der Waals surface area contributed by atoms with Crippen LogP contribution in [0.3, 0.4) is 0 Å². The monoisotopic (exact) mass is 499 g/mol. The minimum Gasteiger partial charge on any atom is -0.491 e. The van der Waals surface area contributed by atoms with Crippen LogP contribution in [0, 0.1) is 11.7 Å². The molecule has 1 aliphatic rings. The van der Waals surface area contributed by atoms with E-state index in [1.54, 1.807) is 24.3 Å². The number of carbonyl (C=O) groups excluding carboxylic acids is 1. The highest BCUT2D eigenvalue weighted by atomic mass is 35.5. The molecular formula is C25H27ClFN5O3. The highest BCUT2D eigenvalue weighted by Gasteiger charge is 2.19. The molecule has 8 nitrogen and oxygen atoms in total. The van der Waals surface area contributed by atoms with Gasteiger partial charge in [0.25, 0.3) is 0 Å². The zero-order chi connectivity index (χ0) is 24.8. The van der Waals surface area contributed by atoms with E-state index in [1.807, 2.05) is 19.0 Å². The maximum absolute atomic E-state index is 13.6. The number of nitrogens with zero attached hydrogens (tertiary/aromatic N) is 3. The second-order valence-corrected chi connectivity index (χ2v) is 8.94. The highest BCUT2D eigenvalue weighted by molar-refractivity contribution is 6.31. The number of halogens is 2. The second-order valence-electron chi connectivity index (χ2n) is 8.54. The first kappa shape index (κ1) is 24.8. The van der Waals surface area contributed by atoms with Crippen molar-refractivity contribution >= 4 is 45.6 Å². The van der Waals surface area contributed by atoms with Crippen molar-refractivity contribution in [3.63, 3.8) is 0 Å². The molecule has 3 aromatic rings. The summed E-state index contributed by atoms with van der Waals surface area (Å²) in [6.07, 6.45) is 5.62. The van der Waals surface area contributed by atoms with E-state index in [0.29, 0.717) is 59.5 Å². The van der Waals surface area contributed by atoms with Gasteiger partial charge in [0, 0.05) is 42.3 Å². The molecule has 1 aliphatic heterocycles. The van der Waals surface area contributed by atoms with Crippen LogP contribution < -0.4 is 15.4 Å². The summed E-state index contributed by atoms with van der Waals surface area (Å²) < 4.78 is 25.1. The van der Waals surface area contributed by atoms with E-state index in [2.05, 4.69) is 20.6 Å². The van der Waals surface area contributed by atoms with Gasteiger partial charge in [0.1, 0.15) is 23.7 Å². The van der Waals surface area contributed by atoms with Crippen LogP contribution in [0.4, 0.5) is 21.6 Å². The molecule has 1 amide bonds. The predicted molar refractivity (Wildman–Crippen MR) is 135 cm³/mol. The Morgan fingerprint density at radius 2 is 2.17 bits per heavy atom. The molecule has 1 saturated heterocycles. The summed E-state index contributed by atoms with van der Waals surface area (Å²) in [7, 11) is 3.85. The smallest absolute Gasteiger partial charge is 0.248 e. The molecule has 2 N–H and O–H groups in total. The van der Waals surface area contributed by atoms with Gasteiger partial charge in [0.05, 0.1) is 29.4 Å². The van der Waals surface area contributed by atoms with E-state index in [-0.39, 0.29) is 10.9 Å². The van der Waals surface area contributed by atoms with Gasteiger partial charge < -0.3 is 25.0 Å². The minimum atomic E-state index is -0.508. The van der Waals surface area contributed by atoms with Crippen molar-refractivity contribution in [1.82, 2.24) is 14.9 Å². The lowest BCUT2D eigenvalue weighted by molar-refractivity contribution is -0.111. The predicted octanol–water partition coefficient (Wildman–Crippen LogP) is 4.64. The Morgan fingerprint density at radius 3 is 2.91 bits per heavy atom. The minimum absolute atomic E-state index is 0.00240. The number of rotatable bonds is 9. The molecular weight excluding hydrogens is 473 g/mol. The van der Waals surface area contributed by atoms with Gasteiger partial charge in [0.15, 0.2) is 0 Å². The summed E-state index contributed by atoms with van der Waals surface area (Å²) in [6, 6.07) is 7.85. The number of likely N-dealkylation sites (N-methyl/N-ethyl adjacent to an activating group) is 1. The SMILES string of the molecule is CN(C)C/C=C/C(=O)Nc1cc2c(Nc3ccc(F)c(Cl)c3)ncnc2cc1OC[C@@H]1CCOC1. The van der Waals surface area contributed by atoms with Crippen molar-refractivity contribution in [1.29, 1.82) is 0 Å². The molecule has 1 fully saturated rings. The number of nitrogens with one attached hydrogen (secondary N) is 2. The summed E-state index contributed by atoms with van der Waals surface area (Å²) in [4.78, 5) is 23.3. The molecule has 0 saturated carbocycles. The van der Waals surface area contributed by atoms with Crippen molar-refractivity contribution < 1.29 is 18.7 Å². The summed E-state index contributed by atoms with van der Waals surface area (Å²) in [5, 5.41) is 6.70. The van der Waals surface area contributed by atoms with Crippen LogP contribution in [0.1, 0.15) is 6.42 Å². The average Bonchev–Trinajstić information content (AvgIpc) is 3.34. The lowest BCUT2D eigenvalue weighted by atomic mass is 10.1. The van der Waals surface area contributed by atoms with Gasteiger partial charge in [-0.25, -0.2) is 14.4 Å². The van der Waals surface area contributed by atoms with Gasteiger partial charge in [-0.2, -0.15) is 0 Å². The van der Waals surface area contributed by atoms with E-state index in [0.717, 1.165) is 13.0 Å². The number of fused-ring (bicyclic) bond motifs is 1. The zero-order valence-corrected chi connectivity index (χ0v) is 20.3. The second kappa shape index (κ2) is 11.4. The Kier molecular flexibility index (Phi) is 8.12. The standard InChI is InChI=1S/C25H27ClFN5O3/c1-32(2)8-3-4-24(33)31-22-11-18-21(12-23(22)35-14-16-7-9-34-13-16)28-15-29-25(18)30-17-5-6-20(27)19(26)10-17/h3-6,10-12,15-16H,7-9,13-14H2,1-2H3,(H,31,33)(H,28,29,30)/b4-3+/t16-/m1/s1. The molecule has 0 radical (unpaired) electrons. The van der Waals surface area contributed by atoms with E-state index >= 15 is 0 Å². The lowest BCUT2D eigenvalue weighted by Crippen LogP contribution is -2.15. The summed E-state index contributed by atoms with van der Waals surface area (Å²) in [6.45, 7) is 2.48. The van der Waals surface area contributed by atoms with Crippen LogP contribution in [0.5, 0.6) is 5.75 Å². The number of ether oxygens (including phenoxy) is 2. The topological polar surface area (TPSA) is 88.6 Å². The van der Waals surface area contributed by atoms with Gasteiger partial charge in [0.2, 0.25) is 5.91 Å². The van der Waals surface area contributed by atoms with E-state index in [4.69, 9.17) is 21.1 Å². The highest BCUT2D eigenvalue weighted by Crippen LogP contribution is 2.34. The summed E-state index contributed by atoms with van der Waals surface area (Å²) in [5.74, 6) is 0.490. The van der Waals surface area contributed by atoms with E-state index in [1.165, 1.54) is 24.5 Å². The quantitative estimate of drug-likeness (QED) is 0.415. The van der Waals surface area contributed by atoms with Crippen LogP contribution in [0.15, 0.2) is 48.8 Å². The third kappa shape index (κ3) is 6.66. The molecule has 1 aromatic heterocycles.